The van der Waals surface area contributed by atoms with Gasteiger partial charge < -0.3 is 18.6 Å². The summed E-state index contributed by atoms with van der Waals surface area (Å²) in [4.78, 5) is 0. The fourth-order valence-electron chi connectivity index (χ4n) is 3.04. The molecule has 0 N–H and O–H groups in total. The van der Waals surface area contributed by atoms with Gasteiger partial charge in [0.05, 0.1) is 16.8 Å². The molecule has 1 aliphatic carbocycles. The summed E-state index contributed by atoms with van der Waals surface area (Å²) >= 11 is 0. The molecule has 0 unspecified atom stereocenters. The number of hydrogen-bond donors (Lipinski definition) is 0. The second-order valence-electron chi connectivity index (χ2n) is 9.59. The van der Waals surface area contributed by atoms with E-state index in [1.807, 2.05) is 0 Å². The van der Waals surface area contributed by atoms with Crippen LogP contribution in [0.25, 0.3) is 0 Å². The van der Waals surface area contributed by atoms with Crippen LogP contribution in [-0.4, -0.2) is 38.2 Å². The molecule has 4 nitrogen and oxygen atoms in total. The standard InChI is InChI=1S/C11H21BO2.C7H14BO2/c1-10(2)11(3,4)14-12(13-10)9-7-5-6-8-9;1-6(2)5-9-8-10-7(6,3)4/h9H,5-8H2,1-4H3;5H2,1-4H3. The van der Waals surface area contributed by atoms with Crippen molar-refractivity contribution in [2.45, 2.75) is 104 Å². The monoisotopic (exact) mass is 337 g/mol. The van der Waals surface area contributed by atoms with E-state index in [9.17, 15) is 0 Å². The maximum atomic E-state index is 6.03. The minimum atomic E-state index is -0.153. The lowest BCUT2D eigenvalue weighted by Gasteiger charge is -2.44. The van der Waals surface area contributed by atoms with Gasteiger partial charge in [-0.1, -0.05) is 39.5 Å². The molecule has 0 atom stereocenters. The van der Waals surface area contributed by atoms with E-state index in [0.717, 1.165) is 6.61 Å². The summed E-state index contributed by atoms with van der Waals surface area (Å²) in [5.41, 5.74) is -0.312. The first-order valence-corrected chi connectivity index (χ1v) is 9.35. The molecule has 0 amide bonds. The Labute approximate surface area is 149 Å². The average molecular weight is 337 g/mol. The van der Waals surface area contributed by atoms with Crippen LogP contribution in [0.1, 0.15) is 81.1 Å². The van der Waals surface area contributed by atoms with Gasteiger partial charge in [-0.3, -0.25) is 0 Å². The second kappa shape index (κ2) is 6.94. The predicted octanol–water partition coefficient (Wildman–Crippen LogP) is 4.40. The molecule has 0 spiro atoms. The Bertz CT molecular complexity index is 397. The third kappa shape index (κ3) is 4.20. The molecule has 2 heterocycles. The van der Waals surface area contributed by atoms with E-state index in [1.165, 1.54) is 33.4 Å². The zero-order chi connectivity index (χ0) is 18.2. The summed E-state index contributed by atoms with van der Waals surface area (Å²) in [6.07, 6.45) is 5.23. The summed E-state index contributed by atoms with van der Waals surface area (Å²) < 4.78 is 22.5. The molecule has 0 bridgehead atoms. The quantitative estimate of drug-likeness (QED) is 0.665. The molecule has 1 saturated carbocycles. The minimum Gasteiger partial charge on any atom is -0.413 e. The van der Waals surface area contributed by atoms with Crippen molar-refractivity contribution >= 4 is 14.8 Å². The van der Waals surface area contributed by atoms with Crippen LogP contribution in [0.3, 0.4) is 0 Å². The van der Waals surface area contributed by atoms with Crippen LogP contribution in [-0.2, 0) is 18.6 Å². The smallest absolute Gasteiger partial charge is 0.413 e. The number of hydrogen-bond acceptors (Lipinski definition) is 4. The molecule has 24 heavy (non-hydrogen) atoms. The molecule has 2 saturated heterocycles. The van der Waals surface area contributed by atoms with E-state index < -0.39 is 0 Å². The highest BCUT2D eigenvalue weighted by Crippen LogP contribution is 2.44. The van der Waals surface area contributed by atoms with Gasteiger partial charge in [0, 0.05) is 12.0 Å². The summed E-state index contributed by atoms with van der Waals surface area (Å²) in [6.45, 7) is 17.7. The molecule has 0 aromatic heterocycles. The highest BCUT2D eigenvalue weighted by Gasteiger charge is 2.53. The molecule has 6 heteroatoms. The largest absolute Gasteiger partial charge is 0.488 e. The first kappa shape index (κ1) is 20.3. The van der Waals surface area contributed by atoms with Crippen LogP contribution in [0, 0.1) is 5.41 Å². The minimum absolute atomic E-state index is 0.0440. The summed E-state index contributed by atoms with van der Waals surface area (Å²) in [7, 11) is 1.48. The Morgan fingerprint density at radius 1 is 0.792 bits per heavy atom. The summed E-state index contributed by atoms with van der Waals surface area (Å²) in [5, 5.41) is 0. The van der Waals surface area contributed by atoms with Crippen LogP contribution >= 0.6 is 0 Å². The molecule has 2 aliphatic heterocycles. The van der Waals surface area contributed by atoms with Crippen LogP contribution in [0.5, 0.6) is 0 Å². The lowest BCUT2D eigenvalue weighted by atomic mass is 9.71. The Hall–Kier alpha value is -0.0301. The highest BCUT2D eigenvalue weighted by molar-refractivity contribution is 6.47. The molecule has 0 aromatic carbocycles. The van der Waals surface area contributed by atoms with Gasteiger partial charge in [0.1, 0.15) is 0 Å². The van der Waals surface area contributed by atoms with Gasteiger partial charge in [0.2, 0.25) is 0 Å². The van der Waals surface area contributed by atoms with Gasteiger partial charge in [-0.25, -0.2) is 0 Å². The Kier molecular flexibility index (Phi) is 5.87. The molecule has 137 valence electrons. The van der Waals surface area contributed by atoms with Crippen molar-refractivity contribution in [1.82, 2.24) is 0 Å². The predicted molar refractivity (Wildman–Crippen MR) is 99.0 cm³/mol. The summed E-state index contributed by atoms with van der Waals surface area (Å²) in [5.74, 6) is 0.635. The van der Waals surface area contributed by atoms with Crippen molar-refractivity contribution in [2.24, 2.45) is 5.41 Å². The SMILES string of the molecule is CC1(C)CO[B]OC1(C)C.CC1(C)OB(C2CCCC2)OC1(C)C. The maximum Gasteiger partial charge on any atom is 0.488 e. The van der Waals surface area contributed by atoms with Crippen molar-refractivity contribution in [3.05, 3.63) is 0 Å². The van der Waals surface area contributed by atoms with Crippen molar-refractivity contribution < 1.29 is 18.6 Å². The van der Waals surface area contributed by atoms with Crippen molar-refractivity contribution in [3.8, 4) is 0 Å². The Morgan fingerprint density at radius 3 is 1.67 bits per heavy atom. The fourth-order valence-corrected chi connectivity index (χ4v) is 3.04. The molecular weight excluding hydrogens is 302 g/mol. The van der Waals surface area contributed by atoms with Crippen LogP contribution in [0.15, 0.2) is 0 Å². The highest BCUT2D eigenvalue weighted by atomic mass is 16.7. The first-order chi connectivity index (χ1) is 10.9. The van der Waals surface area contributed by atoms with E-state index in [4.69, 9.17) is 18.6 Å². The van der Waals surface area contributed by atoms with Gasteiger partial charge in [-0.05, 0) is 47.4 Å². The van der Waals surface area contributed by atoms with Gasteiger partial charge in [0.25, 0.3) is 0 Å². The van der Waals surface area contributed by atoms with Gasteiger partial charge >= 0.3 is 14.8 Å². The van der Waals surface area contributed by atoms with E-state index in [2.05, 4.69) is 55.4 Å². The Balaban J connectivity index is 0.000000185. The molecule has 3 aliphatic rings. The topological polar surface area (TPSA) is 36.9 Å². The third-order valence-electron chi connectivity index (χ3n) is 6.54. The first-order valence-electron chi connectivity index (χ1n) is 9.35. The second-order valence-corrected chi connectivity index (χ2v) is 9.59. The van der Waals surface area contributed by atoms with Crippen LogP contribution in [0.2, 0.25) is 5.82 Å². The number of rotatable bonds is 1. The molecule has 1 radical (unpaired) electrons. The molecule has 0 aromatic rings. The lowest BCUT2D eigenvalue weighted by Crippen LogP contribution is -2.50. The molecule has 3 rings (SSSR count). The normalized spacial score (nSPS) is 30.4. The van der Waals surface area contributed by atoms with Crippen molar-refractivity contribution in [1.29, 1.82) is 0 Å². The van der Waals surface area contributed by atoms with E-state index in [1.54, 1.807) is 0 Å². The molecular formula is C18H35B2O4. The zero-order valence-corrected chi connectivity index (χ0v) is 16.9. The third-order valence-corrected chi connectivity index (χ3v) is 6.54. The molecule has 3 fully saturated rings. The average Bonchev–Trinajstić information content (AvgIpc) is 3.01. The van der Waals surface area contributed by atoms with Crippen molar-refractivity contribution in [2.75, 3.05) is 6.61 Å². The lowest BCUT2D eigenvalue weighted by molar-refractivity contribution is -0.0873. The van der Waals surface area contributed by atoms with Gasteiger partial charge in [-0.15, -0.1) is 0 Å². The zero-order valence-electron chi connectivity index (χ0n) is 16.9. The van der Waals surface area contributed by atoms with Gasteiger partial charge in [0.15, 0.2) is 0 Å². The van der Waals surface area contributed by atoms with E-state index >= 15 is 0 Å². The van der Waals surface area contributed by atoms with Crippen molar-refractivity contribution in [3.63, 3.8) is 0 Å². The summed E-state index contributed by atoms with van der Waals surface area (Å²) in [6, 6.07) is 0. The van der Waals surface area contributed by atoms with Gasteiger partial charge in [-0.2, -0.15) is 0 Å². The van der Waals surface area contributed by atoms with E-state index in [0.29, 0.717) is 5.82 Å². The fraction of sp³-hybridized carbons (Fsp3) is 1.00. The Morgan fingerprint density at radius 2 is 1.29 bits per heavy atom. The van der Waals surface area contributed by atoms with Crippen LogP contribution < -0.4 is 0 Å². The van der Waals surface area contributed by atoms with Crippen LogP contribution in [0.4, 0.5) is 0 Å². The van der Waals surface area contributed by atoms with E-state index in [-0.39, 0.29) is 29.3 Å². The maximum absolute atomic E-state index is 6.03.